The van der Waals surface area contributed by atoms with Crippen LogP contribution < -0.4 is 5.32 Å². The SMILES string of the molecule is CC(c1ccc(-c2cc(NCCO)ncn2)cc1)N1CCCCC1. The summed E-state index contributed by atoms with van der Waals surface area (Å²) in [5.74, 6) is 0.736. The minimum atomic E-state index is 0.0857. The molecule has 2 heterocycles. The summed E-state index contributed by atoms with van der Waals surface area (Å²) in [6.45, 7) is 5.27. The number of rotatable bonds is 6. The largest absolute Gasteiger partial charge is 0.395 e. The molecule has 5 nitrogen and oxygen atoms in total. The van der Waals surface area contributed by atoms with Crippen LogP contribution in [0.1, 0.15) is 37.8 Å². The van der Waals surface area contributed by atoms with Gasteiger partial charge in [0.05, 0.1) is 12.3 Å². The summed E-state index contributed by atoms with van der Waals surface area (Å²) in [7, 11) is 0. The Morgan fingerprint density at radius 2 is 1.88 bits per heavy atom. The van der Waals surface area contributed by atoms with Gasteiger partial charge in [0.25, 0.3) is 0 Å². The molecule has 1 fully saturated rings. The van der Waals surface area contributed by atoms with Crippen LogP contribution in [0, 0.1) is 0 Å². The number of aromatic nitrogens is 2. The maximum Gasteiger partial charge on any atom is 0.130 e. The van der Waals surface area contributed by atoms with E-state index in [1.54, 1.807) is 6.33 Å². The highest BCUT2D eigenvalue weighted by atomic mass is 16.3. The van der Waals surface area contributed by atoms with Crippen LogP contribution in [0.3, 0.4) is 0 Å². The molecule has 128 valence electrons. The van der Waals surface area contributed by atoms with E-state index in [1.165, 1.54) is 37.9 Å². The lowest BCUT2D eigenvalue weighted by Crippen LogP contribution is -2.32. The fourth-order valence-corrected chi connectivity index (χ4v) is 3.24. The highest BCUT2D eigenvalue weighted by molar-refractivity contribution is 5.62. The molecule has 0 saturated carbocycles. The van der Waals surface area contributed by atoms with E-state index < -0.39 is 0 Å². The lowest BCUT2D eigenvalue weighted by molar-refractivity contribution is 0.175. The summed E-state index contributed by atoms with van der Waals surface area (Å²) in [5.41, 5.74) is 3.33. The molecule has 0 bridgehead atoms. The second-order valence-electron chi connectivity index (χ2n) is 6.33. The normalized spacial score (nSPS) is 16.8. The van der Waals surface area contributed by atoms with Crippen molar-refractivity contribution in [2.45, 2.75) is 32.2 Å². The van der Waals surface area contributed by atoms with Crippen LogP contribution in [0.2, 0.25) is 0 Å². The average molecular weight is 326 g/mol. The van der Waals surface area contributed by atoms with Crippen LogP contribution >= 0.6 is 0 Å². The number of piperidine rings is 1. The van der Waals surface area contributed by atoms with Crippen molar-refractivity contribution in [2.24, 2.45) is 0 Å². The number of aliphatic hydroxyl groups excluding tert-OH is 1. The molecule has 0 spiro atoms. The van der Waals surface area contributed by atoms with Gasteiger partial charge in [0, 0.05) is 24.2 Å². The van der Waals surface area contributed by atoms with Gasteiger partial charge in [0.1, 0.15) is 12.1 Å². The molecule has 2 aromatic rings. The number of hydrogen-bond acceptors (Lipinski definition) is 5. The summed E-state index contributed by atoms with van der Waals surface area (Å²) < 4.78 is 0. The number of anilines is 1. The number of benzene rings is 1. The van der Waals surface area contributed by atoms with Gasteiger partial charge in [-0.2, -0.15) is 0 Å². The number of hydrogen-bond donors (Lipinski definition) is 2. The monoisotopic (exact) mass is 326 g/mol. The Labute approximate surface area is 143 Å². The van der Waals surface area contributed by atoms with Crippen molar-refractivity contribution in [3.8, 4) is 11.3 Å². The molecule has 1 unspecified atom stereocenters. The Morgan fingerprint density at radius 1 is 1.12 bits per heavy atom. The van der Waals surface area contributed by atoms with Crippen LogP contribution in [0.25, 0.3) is 11.3 Å². The molecule has 0 aliphatic carbocycles. The topological polar surface area (TPSA) is 61.3 Å². The van der Waals surface area contributed by atoms with E-state index in [9.17, 15) is 0 Å². The maximum absolute atomic E-state index is 8.89. The Balaban J connectivity index is 1.72. The molecular formula is C19H26N4O. The third-order valence-electron chi connectivity index (χ3n) is 4.71. The van der Waals surface area contributed by atoms with Gasteiger partial charge in [-0.25, -0.2) is 9.97 Å². The summed E-state index contributed by atoms with van der Waals surface area (Å²) in [6.07, 6.45) is 5.54. The second kappa shape index (κ2) is 8.22. The van der Waals surface area contributed by atoms with Crippen LogP contribution in [-0.2, 0) is 0 Å². The third kappa shape index (κ3) is 4.10. The summed E-state index contributed by atoms with van der Waals surface area (Å²) in [6, 6.07) is 11.1. The molecule has 0 amide bonds. The van der Waals surface area contributed by atoms with E-state index in [-0.39, 0.29) is 6.61 Å². The van der Waals surface area contributed by atoms with Gasteiger partial charge in [-0.15, -0.1) is 0 Å². The summed E-state index contributed by atoms with van der Waals surface area (Å²) in [4.78, 5) is 11.1. The molecule has 1 atom stereocenters. The predicted octanol–water partition coefficient (Wildman–Crippen LogP) is 3.09. The van der Waals surface area contributed by atoms with Crippen molar-refractivity contribution >= 4 is 5.82 Å². The van der Waals surface area contributed by atoms with E-state index in [0.717, 1.165) is 17.1 Å². The highest BCUT2D eigenvalue weighted by Gasteiger charge is 2.18. The van der Waals surface area contributed by atoms with Crippen LogP contribution in [-0.4, -0.2) is 46.2 Å². The van der Waals surface area contributed by atoms with Gasteiger partial charge in [0.15, 0.2) is 0 Å². The summed E-state index contributed by atoms with van der Waals surface area (Å²) in [5, 5.41) is 12.0. The molecule has 5 heteroatoms. The van der Waals surface area contributed by atoms with Crippen LogP contribution in [0.15, 0.2) is 36.7 Å². The number of likely N-dealkylation sites (tertiary alicyclic amines) is 1. The molecule has 1 aliphatic rings. The van der Waals surface area contributed by atoms with Gasteiger partial charge in [-0.05, 0) is 38.4 Å². The lowest BCUT2D eigenvalue weighted by Gasteiger charge is -2.32. The van der Waals surface area contributed by atoms with E-state index >= 15 is 0 Å². The predicted molar refractivity (Wildman–Crippen MR) is 96.9 cm³/mol. The first kappa shape index (κ1) is 16.9. The molecule has 0 radical (unpaired) electrons. The smallest absolute Gasteiger partial charge is 0.130 e. The fourth-order valence-electron chi connectivity index (χ4n) is 3.24. The van der Waals surface area contributed by atoms with E-state index in [4.69, 9.17) is 5.11 Å². The van der Waals surface area contributed by atoms with Crippen molar-refractivity contribution in [3.05, 3.63) is 42.2 Å². The van der Waals surface area contributed by atoms with Crippen molar-refractivity contribution < 1.29 is 5.11 Å². The third-order valence-corrected chi connectivity index (χ3v) is 4.71. The lowest BCUT2D eigenvalue weighted by atomic mass is 10.0. The van der Waals surface area contributed by atoms with Crippen molar-refractivity contribution in [1.82, 2.24) is 14.9 Å². The molecule has 2 N–H and O–H groups in total. The fraction of sp³-hybridized carbons (Fsp3) is 0.474. The van der Waals surface area contributed by atoms with Crippen molar-refractivity contribution in [1.29, 1.82) is 0 Å². The van der Waals surface area contributed by atoms with Crippen LogP contribution in [0.5, 0.6) is 0 Å². The maximum atomic E-state index is 8.89. The molecular weight excluding hydrogens is 300 g/mol. The Hall–Kier alpha value is -1.98. The zero-order chi connectivity index (χ0) is 16.8. The second-order valence-corrected chi connectivity index (χ2v) is 6.33. The van der Waals surface area contributed by atoms with Crippen molar-refractivity contribution in [2.75, 3.05) is 31.6 Å². The van der Waals surface area contributed by atoms with Gasteiger partial charge in [-0.3, -0.25) is 4.90 Å². The molecule has 1 aliphatic heterocycles. The number of nitrogens with one attached hydrogen (secondary N) is 1. The molecule has 1 saturated heterocycles. The average Bonchev–Trinajstić information content (AvgIpc) is 2.67. The first-order valence-corrected chi connectivity index (χ1v) is 8.79. The van der Waals surface area contributed by atoms with E-state index in [2.05, 4.69) is 51.4 Å². The van der Waals surface area contributed by atoms with Crippen LogP contribution in [0.4, 0.5) is 5.82 Å². The van der Waals surface area contributed by atoms with E-state index in [1.807, 2.05) is 6.07 Å². The first-order chi connectivity index (χ1) is 11.8. The number of aliphatic hydroxyl groups is 1. The highest BCUT2D eigenvalue weighted by Crippen LogP contribution is 2.26. The van der Waals surface area contributed by atoms with Gasteiger partial charge < -0.3 is 10.4 Å². The Morgan fingerprint density at radius 3 is 2.58 bits per heavy atom. The first-order valence-electron chi connectivity index (χ1n) is 8.79. The minimum absolute atomic E-state index is 0.0857. The summed E-state index contributed by atoms with van der Waals surface area (Å²) >= 11 is 0. The minimum Gasteiger partial charge on any atom is -0.395 e. The standard InChI is InChI=1S/C19H26N4O/c1-15(23-10-3-2-4-11-23)16-5-7-17(8-6-16)18-13-19(20-9-12-24)22-14-21-18/h5-8,13-15,24H,2-4,9-12H2,1H3,(H,20,21,22). The molecule has 24 heavy (non-hydrogen) atoms. The quantitative estimate of drug-likeness (QED) is 0.854. The number of nitrogens with zero attached hydrogens (tertiary/aromatic N) is 3. The van der Waals surface area contributed by atoms with E-state index in [0.29, 0.717) is 12.6 Å². The van der Waals surface area contributed by atoms with Gasteiger partial charge in [-0.1, -0.05) is 30.7 Å². The van der Waals surface area contributed by atoms with Gasteiger partial charge >= 0.3 is 0 Å². The zero-order valence-corrected chi connectivity index (χ0v) is 14.3. The Bertz CT molecular complexity index is 638. The molecule has 1 aromatic carbocycles. The Kier molecular flexibility index (Phi) is 5.77. The van der Waals surface area contributed by atoms with Crippen molar-refractivity contribution in [3.63, 3.8) is 0 Å². The molecule has 1 aromatic heterocycles. The molecule has 3 rings (SSSR count). The zero-order valence-electron chi connectivity index (χ0n) is 14.3. The van der Waals surface area contributed by atoms with Gasteiger partial charge in [0.2, 0.25) is 0 Å².